The smallest absolute Gasteiger partial charge is 0.262 e. The molecule has 3 N–H and O–H groups in total. The molecule has 0 atom stereocenters. The summed E-state index contributed by atoms with van der Waals surface area (Å²) in [5.41, 5.74) is 6.91. The molecule has 0 aliphatic carbocycles. The maximum absolute atomic E-state index is 12.3. The third-order valence-corrected chi connectivity index (χ3v) is 4.67. The van der Waals surface area contributed by atoms with Crippen molar-refractivity contribution in [2.24, 2.45) is 12.8 Å². The zero-order valence-electron chi connectivity index (χ0n) is 11.3. The van der Waals surface area contributed by atoms with Crippen LogP contribution in [0.3, 0.4) is 0 Å². The zero-order chi connectivity index (χ0) is 15.8. The second-order valence-electron chi connectivity index (χ2n) is 4.41. The summed E-state index contributed by atoms with van der Waals surface area (Å²) in [4.78, 5) is 0.135. The molecule has 0 aliphatic heterocycles. The number of nitrogens with two attached hydrogens (primary N) is 1. The van der Waals surface area contributed by atoms with Crippen LogP contribution in [0.25, 0.3) is 0 Å². The summed E-state index contributed by atoms with van der Waals surface area (Å²) in [6.45, 7) is 1.71. The first-order chi connectivity index (χ1) is 9.70. The summed E-state index contributed by atoms with van der Waals surface area (Å²) in [6.07, 6.45) is 1.58. The molecule has 1 aromatic carbocycles. The number of anilines is 1. The number of halogens is 1. The first kappa shape index (κ1) is 15.7. The summed E-state index contributed by atoms with van der Waals surface area (Å²) in [5.74, 6) is 0. The van der Waals surface area contributed by atoms with Gasteiger partial charge in [-0.15, -0.1) is 0 Å². The Balaban J connectivity index is 2.38. The fourth-order valence-corrected chi connectivity index (χ4v) is 3.48. The van der Waals surface area contributed by atoms with Crippen LogP contribution >= 0.6 is 23.8 Å². The van der Waals surface area contributed by atoms with Crippen molar-refractivity contribution in [3.8, 4) is 0 Å². The Morgan fingerprint density at radius 3 is 2.62 bits per heavy atom. The van der Waals surface area contributed by atoms with Crippen LogP contribution < -0.4 is 10.5 Å². The van der Waals surface area contributed by atoms with Gasteiger partial charge in [0, 0.05) is 18.8 Å². The Morgan fingerprint density at radius 2 is 2.14 bits per heavy atom. The Hall–Kier alpha value is -1.64. The molecular weight excluding hydrogens is 332 g/mol. The standard InChI is InChI=1S/C12H13ClN4O2S2/c1-7-11(6-17(2)15-7)16-21(18,19)8-3-4-9(12(14)20)10(13)5-8/h3-6,16H,1-2H3,(H2,14,20). The molecule has 0 unspecified atom stereocenters. The van der Waals surface area contributed by atoms with Gasteiger partial charge < -0.3 is 5.73 Å². The Kier molecular flexibility index (Phi) is 4.22. The highest BCUT2D eigenvalue weighted by Crippen LogP contribution is 2.23. The first-order valence-corrected chi connectivity index (χ1v) is 8.10. The van der Waals surface area contributed by atoms with Crippen LogP contribution in [0.2, 0.25) is 5.02 Å². The fraction of sp³-hybridized carbons (Fsp3) is 0.167. The van der Waals surface area contributed by atoms with E-state index in [1.165, 1.54) is 22.9 Å². The van der Waals surface area contributed by atoms with Gasteiger partial charge in [0.25, 0.3) is 10.0 Å². The Labute approximate surface area is 133 Å². The van der Waals surface area contributed by atoms with Crippen molar-refractivity contribution < 1.29 is 8.42 Å². The van der Waals surface area contributed by atoms with Gasteiger partial charge in [-0.05, 0) is 25.1 Å². The predicted molar refractivity (Wildman–Crippen MR) is 86.1 cm³/mol. The summed E-state index contributed by atoms with van der Waals surface area (Å²) in [6, 6.07) is 4.19. The molecule has 0 aliphatic rings. The summed E-state index contributed by atoms with van der Waals surface area (Å²) in [5, 5.41) is 4.26. The van der Waals surface area contributed by atoms with E-state index >= 15 is 0 Å². The van der Waals surface area contributed by atoms with Gasteiger partial charge >= 0.3 is 0 Å². The van der Waals surface area contributed by atoms with Crippen molar-refractivity contribution in [2.45, 2.75) is 11.8 Å². The quantitative estimate of drug-likeness (QED) is 0.826. The first-order valence-electron chi connectivity index (χ1n) is 5.83. The van der Waals surface area contributed by atoms with Crippen LogP contribution in [0.15, 0.2) is 29.3 Å². The van der Waals surface area contributed by atoms with E-state index in [-0.39, 0.29) is 14.9 Å². The molecule has 0 spiro atoms. The van der Waals surface area contributed by atoms with Gasteiger partial charge in [0.2, 0.25) is 0 Å². The number of nitrogens with zero attached hydrogens (tertiary/aromatic N) is 2. The third-order valence-electron chi connectivity index (χ3n) is 2.77. The molecule has 2 rings (SSSR count). The lowest BCUT2D eigenvalue weighted by Crippen LogP contribution is -2.15. The van der Waals surface area contributed by atoms with Gasteiger partial charge in [0.1, 0.15) is 4.99 Å². The number of thiocarbonyl (C=S) groups is 1. The summed E-state index contributed by atoms with van der Waals surface area (Å²) in [7, 11) is -2.05. The molecule has 2 aromatic rings. The average molecular weight is 345 g/mol. The van der Waals surface area contributed by atoms with E-state index in [2.05, 4.69) is 9.82 Å². The van der Waals surface area contributed by atoms with Crippen LogP contribution in [0.1, 0.15) is 11.3 Å². The molecule has 21 heavy (non-hydrogen) atoms. The van der Waals surface area contributed by atoms with Crippen molar-refractivity contribution in [3.63, 3.8) is 0 Å². The van der Waals surface area contributed by atoms with Gasteiger partial charge in [-0.3, -0.25) is 9.40 Å². The lowest BCUT2D eigenvalue weighted by atomic mass is 10.2. The lowest BCUT2D eigenvalue weighted by Gasteiger charge is -2.09. The van der Waals surface area contributed by atoms with Crippen LogP contribution in [-0.4, -0.2) is 23.2 Å². The molecular formula is C12H13ClN4O2S2. The minimum atomic E-state index is -3.76. The molecule has 0 saturated heterocycles. The number of benzene rings is 1. The van der Waals surface area contributed by atoms with E-state index in [0.29, 0.717) is 16.9 Å². The molecule has 1 aromatic heterocycles. The van der Waals surface area contributed by atoms with Crippen molar-refractivity contribution in [1.82, 2.24) is 9.78 Å². The van der Waals surface area contributed by atoms with Crippen molar-refractivity contribution in [3.05, 3.63) is 40.7 Å². The maximum Gasteiger partial charge on any atom is 0.262 e. The van der Waals surface area contributed by atoms with Gasteiger partial charge in [-0.1, -0.05) is 23.8 Å². The van der Waals surface area contributed by atoms with Crippen LogP contribution in [0, 0.1) is 6.92 Å². The van der Waals surface area contributed by atoms with Gasteiger partial charge in [-0.2, -0.15) is 5.10 Å². The Morgan fingerprint density at radius 1 is 1.48 bits per heavy atom. The second-order valence-corrected chi connectivity index (χ2v) is 6.94. The number of aromatic nitrogens is 2. The second kappa shape index (κ2) is 5.63. The SMILES string of the molecule is Cc1nn(C)cc1NS(=O)(=O)c1ccc(C(N)=S)c(Cl)c1. The minimum absolute atomic E-state index is 0.0238. The van der Waals surface area contributed by atoms with Gasteiger partial charge in [0.05, 0.1) is 21.3 Å². The van der Waals surface area contributed by atoms with Gasteiger partial charge in [-0.25, -0.2) is 8.42 Å². The van der Waals surface area contributed by atoms with Crippen LogP contribution in [0.5, 0.6) is 0 Å². The number of hydrogen-bond acceptors (Lipinski definition) is 4. The molecule has 0 amide bonds. The number of rotatable bonds is 4. The molecule has 0 radical (unpaired) electrons. The van der Waals surface area contributed by atoms with E-state index in [4.69, 9.17) is 29.6 Å². The van der Waals surface area contributed by atoms with Gasteiger partial charge in [0.15, 0.2) is 0 Å². The Bertz CT molecular complexity index is 815. The molecule has 1 heterocycles. The highest BCUT2D eigenvalue weighted by atomic mass is 35.5. The molecule has 112 valence electrons. The third kappa shape index (κ3) is 3.34. The molecule has 0 bridgehead atoms. The number of sulfonamides is 1. The minimum Gasteiger partial charge on any atom is -0.389 e. The summed E-state index contributed by atoms with van der Waals surface area (Å²) >= 11 is 10.8. The largest absolute Gasteiger partial charge is 0.389 e. The van der Waals surface area contributed by atoms with E-state index in [0.717, 1.165) is 0 Å². The zero-order valence-corrected chi connectivity index (χ0v) is 13.7. The fourth-order valence-electron chi connectivity index (χ4n) is 1.77. The molecule has 6 nitrogen and oxygen atoms in total. The topological polar surface area (TPSA) is 90.0 Å². The monoisotopic (exact) mass is 344 g/mol. The van der Waals surface area contributed by atoms with Crippen molar-refractivity contribution in [1.29, 1.82) is 0 Å². The van der Waals surface area contributed by atoms with Crippen molar-refractivity contribution >= 4 is 44.5 Å². The normalized spacial score (nSPS) is 11.4. The van der Waals surface area contributed by atoms with Crippen LogP contribution in [-0.2, 0) is 17.1 Å². The van der Waals surface area contributed by atoms with Crippen molar-refractivity contribution in [2.75, 3.05) is 4.72 Å². The lowest BCUT2D eigenvalue weighted by molar-refractivity contribution is 0.601. The predicted octanol–water partition coefficient (Wildman–Crippen LogP) is 1.82. The number of nitrogens with one attached hydrogen (secondary N) is 1. The van der Waals surface area contributed by atoms with E-state index in [9.17, 15) is 8.42 Å². The molecule has 0 fully saturated rings. The maximum atomic E-state index is 12.3. The highest BCUT2D eigenvalue weighted by Gasteiger charge is 2.18. The number of hydrogen-bond donors (Lipinski definition) is 2. The number of aryl methyl sites for hydroxylation is 2. The molecule has 9 heteroatoms. The van der Waals surface area contributed by atoms with Crippen LogP contribution in [0.4, 0.5) is 5.69 Å². The van der Waals surface area contributed by atoms with E-state index in [1.54, 1.807) is 20.2 Å². The highest BCUT2D eigenvalue weighted by molar-refractivity contribution is 7.92. The summed E-state index contributed by atoms with van der Waals surface area (Å²) < 4.78 is 28.6. The molecule has 0 saturated carbocycles. The van der Waals surface area contributed by atoms with E-state index < -0.39 is 10.0 Å². The average Bonchev–Trinajstić information content (AvgIpc) is 2.66. The van der Waals surface area contributed by atoms with E-state index in [1.807, 2.05) is 0 Å².